The lowest BCUT2D eigenvalue weighted by Crippen LogP contribution is -2.11. The summed E-state index contributed by atoms with van der Waals surface area (Å²) in [5.74, 6) is -0.247. The van der Waals surface area contributed by atoms with Gasteiger partial charge in [-0.05, 0) is 18.2 Å². The van der Waals surface area contributed by atoms with Crippen molar-refractivity contribution in [3.05, 3.63) is 41.2 Å². The second kappa shape index (κ2) is 4.24. The normalized spacial score (nSPS) is 10.1. The molecule has 1 aromatic carbocycles. The summed E-state index contributed by atoms with van der Waals surface area (Å²) in [5.41, 5.74) is 5.87. The van der Waals surface area contributed by atoms with Gasteiger partial charge in [0.05, 0.1) is 11.9 Å². The van der Waals surface area contributed by atoms with Gasteiger partial charge in [-0.15, -0.1) is 0 Å². The zero-order chi connectivity index (χ0) is 11.5. The number of nitrogens with two attached hydrogens (primary N) is 1. The third-order valence-corrected chi connectivity index (χ3v) is 2.11. The summed E-state index contributed by atoms with van der Waals surface area (Å²) in [7, 11) is 0. The molecule has 3 N–H and O–H groups in total. The van der Waals surface area contributed by atoms with Crippen LogP contribution < -0.4 is 10.5 Å². The van der Waals surface area contributed by atoms with Gasteiger partial charge in [0.15, 0.2) is 5.69 Å². The number of anilines is 1. The molecule has 82 valence electrons. The van der Waals surface area contributed by atoms with Crippen molar-refractivity contribution in [1.29, 1.82) is 0 Å². The van der Waals surface area contributed by atoms with Crippen LogP contribution >= 0.6 is 11.6 Å². The third kappa shape index (κ3) is 2.14. The lowest BCUT2D eigenvalue weighted by Gasteiger charge is -2.03. The molecule has 0 amide bonds. The third-order valence-electron chi connectivity index (χ3n) is 1.88. The largest absolute Gasteiger partial charge is 0.422 e. The lowest BCUT2D eigenvalue weighted by atomic mass is 10.3. The number of ether oxygens (including phenoxy) is 1. The van der Waals surface area contributed by atoms with Crippen LogP contribution in [-0.2, 0) is 0 Å². The fourth-order valence-corrected chi connectivity index (χ4v) is 1.33. The molecule has 0 spiro atoms. The Morgan fingerprint density at radius 1 is 1.50 bits per heavy atom. The molecule has 0 radical (unpaired) electrons. The first-order valence-corrected chi connectivity index (χ1v) is 4.81. The first-order valence-electron chi connectivity index (χ1n) is 4.43. The molecule has 0 bridgehead atoms. The number of hydrogen-bond acceptors (Lipinski definition) is 4. The summed E-state index contributed by atoms with van der Waals surface area (Å²) < 4.78 is 5.05. The fraction of sp³-hybridized carbons (Fsp3) is 0. The predicted molar refractivity (Wildman–Crippen MR) is 59.4 cm³/mol. The van der Waals surface area contributed by atoms with Crippen molar-refractivity contribution in [3.63, 3.8) is 0 Å². The summed E-state index contributed by atoms with van der Waals surface area (Å²) in [6.45, 7) is 0. The zero-order valence-electron chi connectivity index (χ0n) is 8.11. The van der Waals surface area contributed by atoms with E-state index in [1.165, 1.54) is 12.3 Å². The highest BCUT2D eigenvalue weighted by molar-refractivity contribution is 6.30. The van der Waals surface area contributed by atoms with E-state index < -0.39 is 5.97 Å². The SMILES string of the molecule is Nc1cn[nH]c1C(=O)Oc1cccc(Cl)c1. The van der Waals surface area contributed by atoms with E-state index in [0.29, 0.717) is 10.8 Å². The van der Waals surface area contributed by atoms with Crippen LogP contribution in [0.15, 0.2) is 30.5 Å². The number of benzene rings is 1. The molecule has 0 aliphatic rings. The number of nitrogen functional groups attached to an aromatic ring is 1. The second-order valence-corrected chi connectivity index (χ2v) is 3.48. The smallest absolute Gasteiger partial charge is 0.363 e. The van der Waals surface area contributed by atoms with E-state index in [1.807, 2.05) is 0 Å². The van der Waals surface area contributed by atoms with Gasteiger partial charge in [0.1, 0.15) is 5.75 Å². The van der Waals surface area contributed by atoms with E-state index >= 15 is 0 Å². The van der Waals surface area contributed by atoms with Gasteiger partial charge in [-0.3, -0.25) is 5.10 Å². The minimum absolute atomic E-state index is 0.125. The average molecular weight is 238 g/mol. The van der Waals surface area contributed by atoms with Crippen molar-refractivity contribution in [2.75, 3.05) is 5.73 Å². The Morgan fingerprint density at radius 2 is 2.31 bits per heavy atom. The van der Waals surface area contributed by atoms with Crippen LogP contribution in [0.5, 0.6) is 5.75 Å². The molecule has 6 heteroatoms. The standard InChI is InChI=1S/C10H8ClN3O2/c11-6-2-1-3-7(4-6)16-10(15)9-8(12)5-13-14-9/h1-5H,12H2,(H,13,14). The maximum Gasteiger partial charge on any atom is 0.363 e. The van der Waals surface area contributed by atoms with E-state index in [-0.39, 0.29) is 11.4 Å². The number of hydrogen-bond donors (Lipinski definition) is 2. The van der Waals surface area contributed by atoms with Crippen LogP contribution in [-0.4, -0.2) is 16.2 Å². The molecule has 0 fully saturated rings. The topological polar surface area (TPSA) is 81.0 Å². The molecule has 16 heavy (non-hydrogen) atoms. The van der Waals surface area contributed by atoms with Crippen LogP contribution in [0.25, 0.3) is 0 Å². The Bertz CT molecular complexity index is 524. The van der Waals surface area contributed by atoms with Gasteiger partial charge in [0.25, 0.3) is 0 Å². The molecule has 0 unspecified atom stereocenters. The summed E-state index contributed by atoms with van der Waals surface area (Å²) in [5, 5.41) is 6.57. The Morgan fingerprint density at radius 3 is 2.94 bits per heavy atom. The van der Waals surface area contributed by atoms with E-state index in [4.69, 9.17) is 22.1 Å². The minimum atomic E-state index is -0.600. The van der Waals surface area contributed by atoms with Gasteiger partial charge >= 0.3 is 5.97 Å². The fourth-order valence-electron chi connectivity index (χ4n) is 1.15. The lowest BCUT2D eigenvalue weighted by molar-refractivity contribution is 0.0729. The van der Waals surface area contributed by atoms with Gasteiger partial charge in [0, 0.05) is 5.02 Å². The van der Waals surface area contributed by atoms with Gasteiger partial charge in [0.2, 0.25) is 0 Å². The zero-order valence-corrected chi connectivity index (χ0v) is 8.86. The maximum absolute atomic E-state index is 11.6. The maximum atomic E-state index is 11.6. The minimum Gasteiger partial charge on any atom is -0.422 e. The highest BCUT2D eigenvalue weighted by atomic mass is 35.5. The highest BCUT2D eigenvalue weighted by Crippen LogP contribution is 2.19. The number of halogens is 1. The van der Waals surface area contributed by atoms with Gasteiger partial charge < -0.3 is 10.5 Å². The monoisotopic (exact) mass is 237 g/mol. The van der Waals surface area contributed by atoms with Crippen LogP contribution in [0.4, 0.5) is 5.69 Å². The molecule has 1 heterocycles. The van der Waals surface area contributed by atoms with Crippen molar-refractivity contribution in [3.8, 4) is 5.75 Å². The number of rotatable bonds is 2. The highest BCUT2D eigenvalue weighted by Gasteiger charge is 2.14. The molecular weight excluding hydrogens is 230 g/mol. The molecule has 0 saturated carbocycles. The summed E-state index contributed by atoms with van der Waals surface area (Å²) in [6.07, 6.45) is 1.34. The molecule has 2 aromatic rings. The van der Waals surface area contributed by atoms with Crippen molar-refractivity contribution < 1.29 is 9.53 Å². The number of nitrogens with one attached hydrogen (secondary N) is 1. The molecular formula is C10H8ClN3O2. The average Bonchev–Trinajstić information content (AvgIpc) is 2.64. The Labute approximate surface area is 96.2 Å². The van der Waals surface area contributed by atoms with Crippen LogP contribution in [0, 0.1) is 0 Å². The van der Waals surface area contributed by atoms with Crippen molar-refractivity contribution in [2.45, 2.75) is 0 Å². The summed E-state index contributed by atoms with van der Waals surface area (Å²) in [6, 6.07) is 6.52. The second-order valence-electron chi connectivity index (χ2n) is 3.05. The van der Waals surface area contributed by atoms with Gasteiger partial charge in [-0.1, -0.05) is 17.7 Å². The van der Waals surface area contributed by atoms with Crippen LogP contribution in [0.1, 0.15) is 10.5 Å². The number of H-pyrrole nitrogens is 1. The van der Waals surface area contributed by atoms with Gasteiger partial charge in [-0.2, -0.15) is 5.10 Å². The van der Waals surface area contributed by atoms with Crippen molar-refractivity contribution in [1.82, 2.24) is 10.2 Å². The first-order chi connectivity index (χ1) is 7.66. The number of carbonyl (C=O) groups is 1. The van der Waals surface area contributed by atoms with Crippen LogP contribution in [0.2, 0.25) is 5.02 Å². The van der Waals surface area contributed by atoms with Gasteiger partial charge in [-0.25, -0.2) is 4.79 Å². The summed E-state index contributed by atoms with van der Waals surface area (Å²) >= 11 is 5.75. The summed E-state index contributed by atoms with van der Waals surface area (Å²) in [4.78, 5) is 11.6. The van der Waals surface area contributed by atoms with Crippen LogP contribution in [0.3, 0.4) is 0 Å². The Kier molecular flexibility index (Phi) is 2.78. The van der Waals surface area contributed by atoms with E-state index in [1.54, 1.807) is 18.2 Å². The number of aromatic nitrogens is 2. The molecule has 2 rings (SSSR count). The molecule has 5 nitrogen and oxygen atoms in total. The molecule has 0 atom stereocenters. The van der Waals surface area contributed by atoms with Crippen molar-refractivity contribution in [2.24, 2.45) is 0 Å². The molecule has 0 aliphatic heterocycles. The molecule has 1 aromatic heterocycles. The molecule has 0 aliphatic carbocycles. The van der Waals surface area contributed by atoms with E-state index in [9.17, 15) is 4.79 Å². The number of aromatic amines is 1. The quantitative estimate of drug-likeness (QED) is 0.617. The predicted octanol–water partition coefficient (Wildman–Crippen LogP) is 1.86. The number of esters is 1. The van der Waals surface area contributed by atoms with Crippen molar-refractivity contribution >= 4 is 23.3 Å². The molecule has 0 saturated heterocycles. The Hall–Kier alpha value is -2.01. The number of carbonyl (C=O) groups excluding carboxylic acids is 1. The number of nitrogens with zero attached hydrogens (tertiary/aromatic N) is 1. The van der Waals surface area contributed by atoms with E-state index in [0.717, 1.165) is 0 Å². The van der Waals surface area contributed by atoms with E-state index in [2.05, 4.69) is 10.2 Å². The Balaban J connectivity index is 2.17. The first kappa shape index (κ1) is 10.5.